The number of hydrogen-bond donors (Lipinski definition) is 2. The second-order valence-corrected chi connectivity index (χ2v) is 12.3. The highest BCUT2D eigenvalue weighted by atomic mass is 16.7. The van der Waals surface area contributed by atoms with Gasteiger partial charge < -0.3 is 39.0 Å². The molecular formula is C37H44N2O7. The molecule has 0 radical (unpaired) electrons. The maximum absolute atomic E-state index is 12.0. The number of nitrogens with one attached hydrogen (secondary N) is 1. The number of aliphatic hydroxyl groups excluding tert-OH is 1. The molecule has 3 aromatic rings. The molecule has 3 aliphatic heterocycles. The number of piperidine rings is 1. The van der Waals surface area contributed by atoms with E-state index in [0.29, 0.717) is 19.8 Å². The maximum atomic E-state index is 12.0. The summed E-state index contributed by atoms with van der Waals surface area (Å²) in [7, 11) is 0. The third-order valence-electron chi connectivity index (χ3n) is 9.26. The number of rotatable bonds is 10. The molecule has 1 spiro atoms. The van der Waals surface area contributed by atoms with E-state index < -0.39 is 18.2 Å². The molecule has 0 aliphatic carbocycles. The van der Waals surface area contributed by atoms with E-state index in [4.69, 9.17) is 23.7 Å². The minimum atomic E-state index is -0.549. The fraction of sp³-hybridized carbons (Fsp3) is 0.432. The summed E-state index contributed by atoms with van der Waals surface area (Å²) >= 11 is 0. The van der Waals surface area contributed by atoms with Crippen LogP contribution in [0.3, 0.4) is 0 Å². The zero-order chi connectivity index (χ0) is 31.9. The summed E-state index contributed by atoms with van der Waals surface area (Å²) in [4.78, 5) is 14.5. The molecule has 9 nitrogen and oxygen atoms in total. The number of nitrogens with zero attached hydrogens (tertiary/aromatic N) is 1. The van der Waals surface area contributed by atoms with Crippen LogP contribution < -0.4 is 5.32 Å². The van der Waals surface area contributed by atoms with Gasteiger partial charge in [0, 0.05) is 50.5 Å². The van der Waals surface area contributed by atoms with Gasteiger partial charge in [0.1, 0.15) is 6.61 Å². The van der Waals surface area contributed by atoms with Gasteiger partial charge in [-0.3, -0.25) is 0 Å². The van der Waals surface area contributed by atoms with Gasteiger partial charge in [-0.15, -0.1) is 0 Å². The van der Waals surface area contributed by atoms with E-state index in [-0.39, 0.29) is 31.3 Å². The highest BCUT2D eigenvalue weighted by molar-refractivity contribution is 5.70. The van der Waals surface area contributed by atoms with Crippen LogP contribution in [0.1, 0.15) is 54.4 Å². The van der Waals surface area contributed by atoms with Crippen LogP contribution in [-0.2, 0) is 36.8 Å². The lowest BCUT2D eigenvalue weighted by atomic mass is 9.89. The fourth-order valence-corrected chi connectivity index (χ4v) is 6.57. The van der Waals surface area contributed by atoms with Crippen LogP contribution in [0, 0.1) is 5.92 Å². The van der Waals surface area contributed by atoms with Crippen molar-refractivity contribution in [2.45, 2.75) is 57.2 Å². The minimum Gasteiger partial charge on any atom is -0.445 e. The van der Waals surface area contributed by atoms with Crippen molar-refractivity contribution in [3.63, 3.8) is 0 Å². The smallest absolute Gasteiger partial charge is 0.407 e. The first-order valence-corrected chi connectivity index (χ1v) is 16.2. The Bertz CT molecular complexity index is 1450. The van der Waals surface area contributed by atoms with Gasteiger partial charge in [-0.2, -0.15) is 0 Å². The van der Waals surface area contributed by atoms with Gasteiger partial charge in [-0.1, -0.05) is 92.4 Å². The molecule has 1 amide bonds. The van der Waals surface area contributed by atoms with Crippen molar-refractivity contribution in [3.8, 4) is 11.1 Å². The van der Waals surface area contributed by atoms with E-state index in [0.717, 1.165) is 65.9 Å². The van der Waals surface area contributed by atoms with Crippen LogP contribution in [0.2, 0.25) is 0 Å². The molecule has 0 unspecified atom stereocenters. The highest BCUT2D eigenvalue weighted by Crippen LogP contribution is 2.43. The number of benzene rings is 3. The molecule has 3 aliphatic rings. The van der Waals surface area contributed by atoms with E-state index in [1.165, 1.54) is 6.08 Å². The van der Waals surface area contributed by atoms with Crippen molar-refractivity contribution in [1.29, 1.82) is 0 Å². The third-order valence-corrected chi connectivity index (χ3v) is 9.26. The van der Waals surface area contributed by atoms with Crippen molar-refractivity contribution in [2.24, 2.45) is 5.92 Å². The quantitative estimate of drug-likeness (QED) is 0.269. The molecule has 3 fully saturated rings. The number of hydrogen-bond acceptors (Lipinski definition) is 8. The Kier molecular flexibility index (Phi) is 10.5. The molecule has 3 aromatic carbocycles. The van der Waals surface area contributed by atoms with E-state index in [2.05, 4.69) is 48.0 Å². The Morgan fingerprint density at radius 2 is 1.70 bits per heavy atom. The fourth-order valence-electron chi connectivity index (χ4n) is 6.57. The molecule has 0 bridgehead atoms. The standard InChI is InChI=1S/C37H44N2O7/c1-3-20-42-36(41)38-23-31-6-4-5-7-32(31)28-12-14-30(15-13-28)35-45-33(24-39-18-16-37(17-19-39)43-21-22-44-37)26(2)34(46-35)29-10-8-27(25-40)9-11-29/h3-15,26,33-35,40H,1,16-25H2,2H3,(H,38,41)/t26-,33+,34+,35+/m1/s1. The monoisotopic (exact) mass is 628 g/mol. The zero-order valence-electron chi connectivity index (χ0n) is 26.4. The molecule has 2 N–H and O–H groups in total. The van der Waals surface area contributed by atoms with Gasteiger partial charge in [0.25, 0.3) is 0 Å². The van der Waals surface area contributed by atoms with E-state index in [1.807, 2.05) is 48.5 Å². The molecule has 3 heterocycles. The first kappa shape index (κ1) is 32.4. The first-order chi connectivity index (χ1) is 22.5. The molecule has 9 heteroatoms. The minimum absolute atomic E-state index is 0.00450. The first-order valence-electron chi connectivity index (χ1n) is 16.2. The summed E-state index contributed by atoms with van der Waals surface area (Å²) in [6.45, 7) is 10.2. The normalized spacial score (nSPS) is 24.5. The summed E-state index contributed by atoms with van der Waals surface area (Å²) in [6, 6.07) is 24.2. The predicted octanol–water partition coefficient (Wildman–Crippen LogP) is 5.89. The molecule has 244 valence electrons. The van der Waals surface area contributed by atoms with Crippen molar-refractivity contribution < 1.29 is 33.6 Å². The van der Waals surface area contributed by atoms with Crippen LogP contribution in [0.25, 0.3) is 11.1 Å². The number of likely N-dealkylation sites (tertiary alicyclic amines) is 1. The number of alkyl carbamates (subject to hydrolysis) is 1. The van der Waals surface area contributed by atoms with E-state index in [1.54, 1.807) is 0 Å². The van der Waals surface area contributed by atoms with E-state index in [9.17, 15) is 9.90 Å². The number of carbonyl (C=O) groups excluding carboxylic acids is 1. The molecule has 46 heavy (non-hydrogen) atoms. The highest BCUT2D eigenvalue weighted by Gasteiger charge is 2.43. The van der Waals surface area contributed by atoms with Gasteiger partial charge >= 0.3 is 6.09 Å². The number of carbonyl (C=O) groups is 1. The van der Waals surface area contributed by atoms with Crippen molar-refractivity contribution in [3.05, 3.63) is 108 Å². The van der Waals surface area contributed by atoms with Gasteiger partial charge in [-0.05, 0) is 27.8 Å². The van der Waals surface area contributed by atoms with Gasteiger partial charge in [0.2, 0.25) is 0 Å². The molecule has 6 rings (SSSR count). The Morgan fingerprint density at radius 1 is 1.00 bits per heavy atom. The number of amides is 1. The molecule has 4 atom stereocenters. The summed E-state index contributed by atoms with van der Waals surface area (Å²) in [5, 5.41) is 12.4. The summed E-state index contributed by atoms with van der Waals surface area (Å²) in [6.07, 6.45) is 1.98. The second-order valence-electron chi connectivity index (χ2n) is 12.3. The average molecular weight is 629 g/mol. The average Bonchev–Trinajstić information content (AvgIpc) is 3.56. The maximum Gasteiger partial charge on any atom is 0.407 e. The van der Waals surface area contributed by atoms with Gasteiger partial charge in [0.15, 0.2) is 12.1 Å². The summed E-state index contributed by atoms with van der Waals surface area (Å²) in [5.41, 5.74) is 5.90. The molecule has 0 aromatic heterocycles. The lowest BCUT2D eigenvalue weighted by Crippen LogP contribution is -2.50. The Morgan fingerprint density at radius 3 is 2.39 bits per heavy atom. The van der Waals surface area contributed by atoms with Crippen molar-refractivity contribution in [1.82, 2.24) is 10.2 Å². The largest absolute Gasteiger partial charge is 0.445 e. The lowest BCUT2D eigenvalue weighted by molar-refractivity contribution is -0.278. The lowest BCUT2D eigenvalue weighted by Gasteiger charge is -2.44. The van der Waals surface area contributed by atoms with Crippen molar-refractivity contribution in [2.75, 3.05) is 39.5 Å². The topological polar surface area (TPSA) is 98.7 Å². The van der Waals surface area contributed by atoms with Gasteiger partial charge in [0.05, 0.1) is 32.0 Å². The predicted molar refractivity (Wildman–Crippen MR) is 174 cm³/mol. The van der Waals surface area contributed by atoms with Crippen LogP contribution >= 0.6 is 0 Å². The van der Waals surface area contributed by atoms with Crippen LogP contribution in [-0.4, -0.2) is 67.4 Å². The van der Waals surface area contributed by atoms with E-state index >= 15 is 0 Å². The molecule has 3 saturated heterocycles. The Hall–Kier alpha value is -3.57. The third kappa shape index (κ3) is 7.52. The van der Waals surface area contributed by atoms with Crippen LogP contribution in [0.5, 0.6) is 0 Å². The SMILES string of the molecule is C=CCOC(=O)NCc1ccccc1-c1ccc([C@H]2O[C@@H](CN3CCC4(CC3)OCCO4)[C@@H](C)[C@@H](c3ccc(CO)cc3)O2)cc1. The Balaban J connectivity index is 1.19. The van der Waals surface area contributed by atoms with Crippen molar-refractivity contribution >= 4 is 6.09 Å². The number of aliphatic hydroxyl groups is 1. The number of ether oxygens (including phenoxy) is 5. The van der Waals surface area contributed by atoms with Crippen LogP contribution in [0.4, 0.5) is 4.79 Å². The molecular weight excluding hydrogens is 584 g/mol. The van der Waals surface area contributed by atoms with Gasteiger partial charge in [-0.25, -0.2) is 4.79 Å². The Labute approximate surface area is 271 Å². The van der Waals surface area contributed by atoms with Crippen LogP contribution in [0.15, 0.2) is 85.5 Å². The summed E-state index contributed by atoms with van der Waals surface area (Å²) in [5.74, 6) is -0.313. The summed E-state index contributed by atoms with van der Waals surface area (Å²) < 4.78 is 30.4. The second kappa shape index (κ2) is 14.9. The zero-order valence-corrected chi connectivity index (χ0v) is 26.4. The molecule has 0 saturated carbocycles.